The van der Waals surface area contributed by atoms with Crippen molar-refractivity contribution in [1.82, 2.24) is 21.3 Å². The summed E-state index contributed by atoms with van der Waals surface area (Å²) in [6, 6.07) is 7.26. The molecule has 6 rings (SSSR count). The lowest BCUT2D eigenvalue weighted by atomic mass is 9.72. The van der Waals surface area contributed by atoms with Crippen LogP contribution in [-0.4, -0.2) is 135 Å². The van der Waals surface area contributed by atoms with E-state index in [1.165, 1.54) is 32.2 Å². The Kier molecular flexibility index (Phi) is 17.1. The van der Waals surface area contributed by atoms with Crippen LogP contribution in [0.15, 0.2) is 42.5 Å². The predicted molar refractivity (Wildman–Crippen MR) is 252 cm³/mol. The van der Waals surface area contributed by atoms with Gasteiger partial charge in [0.05, 0.1) is 48.1 Å². The zero-order valence-electron chi connectivity index (χ0n) is 40.2. The molecule has 0 aromatic heterocycles. The summed E-state index contributed by atoms with van der Waals surface area (Å²) in [5.74, 6) is -5.22. The van der Waals surface area contributed by atoms with Gasteiger partial charge in [-0.25, -0.2) is 9.59 Å². The van der Waals surface area contributed by atoms with Gasteiger partial charge in [-0.15, -0.1) is 0 Å². The number of nitrogens with one attached hydrogen (secondary N) is 5. The van der Waals surface area contributed by atoms with Crippen molar-refractivity contribution in [3.05, 3.63) is 81.4 Å². The molecule has 71 heavy (non-hydrogen) atoms. The number of urea groups is 1. The largest absolute Gasteiger partial charge is 0.507 e. The zero-order valence-corrected chi connectivity index (χ0v) is 40.2. The minimum Gasteiger partial charge on any atom is -0.507 e. The van der Waals surface area contributed by atoms with E-state index in [0.717, 1.165) is 0 Å². The number of methoxy groups -OCH3 is 1. The number of carbonyl (C=O) groups is 7. The maximum absolute atomic E-state index is 14.0. The molecule has 8 atom stereocenters. The van der Waals surface area contributed by atoms with Gasteiger partial charge in [0, 0.05) is 54.2 Å². The van der Waals surface area contributed by atoms with Crippen LogP contribution in [0.25, 0.3) is 0 Å². The van der Waals surface area contributed by atoms with E-state index in [0.29, 0.717) is 17.7 Å². The van der Waals surface area contributed by atoms with Crippen LogP contribution in [0.1, 0.15) is 115 Å². The van der Waals surface area contributed by atoms with Crippen LogP contribution in [0.4, 0.5) is 15.3 Å². The van der Waals surface area contributed by atoms with Gasteiger partial charge in [0.2, 0.25) is 17.6 Å². The molecule has 12 N–H and O–H groups in total. The molecule has 2 aliphatic carbocycles. The van der Waals surface area contributed by atoms with E-state index in [2.05, 4.69) is 26.6 Å². The topological polar surface area (TPSA) is 344 Å². The van der Waals surface area contributed by atoms with E-state index < -0.39 is 126 Å². The van der Waals surface area contributed by atoms with E-state index in [4.69, 9.17) is 24.7 Å². The molecule has 1 heterocycles. The lowest BCUT2D eigenvalue weighted by Gasteiger charge is -2.42. The highest BCUT2D eigenvalue weighted by atomic mass is 16.7. The molecule has 1 saturated heterocycles. The molecule has 0 radical (unpaired) electrons. The quantitative estimate of drug-likeness (QED) is 0.0472. The van der Waals surface area contributed by atoms with Crippen molar-refractivity contribution in [1.29, 1.82) is 0 Å². The minimum atomic E-state index is -2.40. The number of benzene rings is 3. The van der Waals surface area contributed by atoms with Crippen LogP contribution in [0.2, 0.25) is 0 Å². The van der Waals surface area contributed by atoms with Crippen molar-refractivity contribution in [2.75, 3.05) is 25.6 Å². The SMILES string of the molecule is COc1cccc2c1C(=O)c1c(O)c3c(c(O)c1C2=O)C[C@@](O)(C(=O)CO)C[C@@H]3O[C@H]1C[C@H](NC(=O)OCc2ccc(NC(=O)[C@H](CCCNC(N)=O)NC(=O)[C@@H](NC(C)C)C(C)C)cc2)[C@@H](O)[C@H](C)O1. The van der Waals surface area contributed by atoms with Gasteiger partial charge in [0.15, 0.2) is 17.9 Å². The first kappa shape index (κ1) is 53.7. The number of Topliss-reactive ketones (excluding diaryl/α,β-unsaturated/α-hetero) is 1. The van der Waals surface area contributed by atoms with E-state index >= 15 is 0 Å². The highest BCUT2D eigenvalue weighted by molar-refractivity contribution is 6.31. The Bertz CT molecular complexity index is 2530. The molecule has 0 unspecified atom stereocenters. The fraction of sp³-hybridized carbons (Fsp3) is 0.490. The van der Waals surface area contributed by atoms with Gasteiger partial charge in [-0.3, -0.25) is 24.0 Å². The third-order valence-corrected chi connectivity index (χ3v) is 12.7. The standard InChI is InChI=1S/C49H62N6O16/c1-22(2)39(52-23(3)4)46(64)54-29(10-8-16-51-47(50)65)45(63)53-26-14-12-25(13-15-26)21-69-48(66)55-30-17-34(70-24(5)40(30)58)71-32-19-49(67,33(57)20-56)18-28-36(32)44(62)38-37(42(28)60)41(59)27-9-7-11-31(68-6)35(27)43(38)61/h7,9,11-15,22-24,29-30,32,34,39-40,52,56,58,60,62,67H,8,10,16-21H2,1-6H3,(H,53,63)(H,54,64)(H,55,66)(H3,50,51,65)/t24-,29-,30-,32-,34-,39-,40-,49-/m0/s1. The number of ether oxygens (including phenoxy) is 4. The zero-order chi connectivity index (χ0) is 52.1. The number of rotatable bonds is 19. The number of phenolic OH excluding ortho intramolecular Hbond substituents is 2. The van der Waals surface area contributed by atoms with E-state index in [1.54, 1.807) is 24.3 Å². The normalized spacial score (nSPS) is 22.3. The van der Waals surface area contributed by atoms with Gasteiger partial charge in [0.25, 0.3) is 0 Å². The predicted octanol–water partition coefficient (Wildman–Crippen LogP) is 1.86. The average molecular weight is 991 g/mol. The molecule has 1 aliphatic heterocycles. The van der Waals surface area contributed by atoms with Crippen LogP contribution in [0, 0.1) is 5.92 Å². The summed E-state index contributed by atoms with van der Waals surface area (Å²) in [6.07, 6.45) is -7.17. The Morgan fingerprint density at radius 2 is 1.63 bits per heavy atom. The van der Waals surface area contributed by atoms with Crippen molar-refractivity contribution in [2.24, 2.45) is 11.7 Å². The number of ketones is 3. The number of alkyl carbamates (subject to hydrolysis) is 1. The molecule has 384 valence electrons. The molecule has 1 fully saturated rings. The molecule has 0 spiro atoms. The van der Waals surface area contributed by atoms with Crippen molar-refractivity contribution >= 4 is 47.0 Å². The van der Waals surface area contributed by atoms with Crippen LogP contribution >= 0.6 is 0 Å². The summed E-state index contributed by atoms with van der Waals surface area (Å²) in [5.41, 5.74) is 1.74. The number of aliphatic hydroxyl groups excluding tert-OH is 2. The lowest BCUT2D eigenvalue weighted by molar-refractivity contribution is -0.249. The number of anilines is 1. The Labute approximate surface area is 408 Å². The molecule has 22 heteroatoms. The van der Waals surface area contributed by atoms with Crippen molar-refractivity contribution in [3.63, 3.8) is 0 Å². The van der Waals surface area contributed by atoms with Crippen LogP contribution in [0.5, 0.6) is 17.2 Å². The highest BCUT2D eigenvalue weighted by Gasteiger charge is 2.50. The first-order valence-electron chi connectivity index (χ1n) is 23.2. The fourth-order valence-electron chi connectivity index (χ4n) is 9.09. The van der Waals surface area contributed by atoms with Gasteiger partial charge in [0.1, 0.15) is 48.2 Å². The third kappa shape index (κ3) is 11.9. The molecule has 3 aromatic carbocycles. The summed E-state index contributed by atoms with van der Waals surface area (Å²) < 4.78 is 23.0. The number of amides is 5. The number of nitrogens with two attached hydrogens (primary N) is 1. The molecule has 0 bridgehead atoms. The first-order chi connectivity index (χ1) is 33.6. The summed E-state index contributed by atoms with van der Waals surface area (Å²) in [6.45, 7) is 7.89. The second-order valence-electron chi connectivity index (χ2n) is 18.5. The molecule has 0 saturated carbocycles. The molecule has 5 amide bonds. The maximum atomic E-state index is 14.0. The molecular weight excluding hydrogens is 929 g/mol. The van der Waals surface area contributed by atoms with Gasteiger partial charge in [-0.05, 0) is 49.4 Å². The van der Waals surface area contributed by atoms with Crippen molar-refractivity contribution in [3.8, 4) is 17.2 Å². The first-order valence-corrected chi connectivity index (χ1v) is 23.2. The highest BCUT2D eigenvalue weighted by Crippen LogP contribution is 2.52. The molecule has 3 aromatic rings. The molecular formula is C49H62N6O16. The average Bonchev–Trinajstić information content (AvgIpc) is 3.32. The number of aromatic hydroxyl groups is 2. The Morgan fingerprint density at radius 3 is 2.27 bits per heavy atom. The maximum Gasteiger partial charge on any atom is 0.407 e. The monoisotopic (exact) mass is 990 g/mol. The summed E-state index contributed by atoms with van der Waals surface area (Å²) >= 11 is 0. The number of hydrogen-bond acceptors (Lipinski definition) is 17. The van der Waals surface area contributed by atoms with E-state index in [9.17, 15) is 59.1 Å². The van der Waals surface area contributed by atoms with Crippen molar-refractivity contribution < 1.29 is 78.0 Å². The molecule has 3 aliphatic rings. The number of fused-ring (bicyclic) bond motifs is 3. The van der Waals surface area contributed by atoms with Crippen molar-refractivity contribution in [2.45, 2.75) is 128 Å². The minimum absolute atomic E-state index is 0.000725. The smallest absolute Gasteiger partial charge is 0.407 e. The second-order valence-corrected chi connectivity index (χ2v) is 18.5. The Balaban J connectivity index is 1.13. The van der Waals surface area contributed by atoms with Gasteiger partial charge in [-0.2, -0.15) is 0 Å². The summed E-state index contributed by atoms with van der Waals surface area (Å²) in [7, 11) is 1.29. The lowest BCUT2D eigenvalue weighted by Crippen LogP contribution is -2.56. The van der Waals surface area contributed by atoms with Crippen LogP contribution < -0.4 is 37.1 Å². The number of phenols is 2. The van der Waals surface area contributed by atoms with Gasteiger partial charge in [-0.1, -0.05) is 52.0 Å². The van der Waals surface area contributed by atoms with Gasteiger partial charge < -0.3 is 76.8 Å². The number of hydrogen-bond donors (Lipinski definition) is 11. The van der Waals surface area contributed by atoms with Crippen LogP contribution in [-0.2, 0) is 41.6 Å². The number of carbonyl (C=O) groups excluding carboxylic acids is 7. The van der Waals surface area contributed by atoms with E-state index in [1.807, 2.05) is 27.7 Å². The summed E-state index contributed by atoms with van der Waals surface area (Å²) in [5, 5.41) is 69.9. The number of primary amides is 1. The Hall–Kier alpha value is -6.69. The number of aliphatic hydroxyl groups is 3. The van der Waals surface area contributed by atoms with Gasteiger partial charge >= 0.3 is 12.1 Å². The fourth-order valence-corrected chi connectivity index (χ4v) is 9.09. The van der Waals surface area contributed by atoms with E-state index in [-0.39, 0.29) is 71.9 Å². The third-order valence-electron chi connectivity index (χ3n) is 12.7. The molecule has 22 nitrogen and oxygen atoms in total. The van der Waals surface area contributed by atoms with Crippen LogP contribution in [0.3, 0.4) is 0 Å². The Morgan fingerprint density at radius 1 is 0.944 bits per heavy atom. The second kappa shape index (κ2) is 22.6. The summed E-state index contributed by atoms with van der Waals surface area (Å²) in [4.78, 5) is 92.1.